The first-order chi connectivity index (χ1) is 4.72. The van der Waals surface area contributed by atoms with Gasteiger partial charge in [0.15, 0.2) is 0 Å². The van der Waals surface area contributed by atoms with E-state index in [2.05, 4.69) is 13.8 Å². The van der Waals surface area contributed by atoms with E-state index < -0.39 is 0 Å². The minimum atomic E-state index is 0.753. The van der Waals surface area contributed by atoms with Crippen LogP contribution in [0.5, 0.6) is 0 Å². The molecule has 10 heavy (non-hydrogen) atoms. The monoisotopic (exact) mass is 138 g/mol. The molecule has 0 heteroatoms. The van der Waals surface area contributed by atoms with Crippen LogP contribution in [0.15, 0.2) is 0 Å². The normalized spacial score (nSPS) is 53.4. The molecule has 0 aliphatic heterocycles. The highest BCUT2D eigenvalue weighted by Gasteiger charge is 2.44. The fourth-order valence-electron chi connectivity index (χ4n) is 3.08. The van der Waals surface area contributed by atoms with Gasteiger partial charge >= 0.3 is 0 Å². The third kappa shape index (κ3) is 0.741. The van der Waals surface area contributed by atoms with E-state index in [1.54, 1.807) is 0 Å². The van der Waals surface area contributed by atoms with Gasteiger partial charge in [0.25, 0.3) is 0 Å². The molecule has 2 aliphatic rings. The second kappa shape index (κ2) is 1.99. The van der Waals surface area contributed by atoms with Gasteiger partial charge in [-0.3, -0.25) is 0 Å². The summed E-state index contributed by atoms with van der Waals surface area (Å²) in [5.74, 6) is 2.12. The zero-order chi connectivity index (χ0) is 7.19. The van der Waals surface area contributed by atoms with Crippen molar-refractivity contribution < 1.29 is 0 Å². The zero-order valence-electron chi connectivity index (χ0n) is 7.19. The largest absolute Gasteiger partial charge is 0.0617 e. The number of hydrogen-bond donors (Lipinski definition) is 0. The van der Waals surface area contributed by atoms with Crippen molar-refractivity contribution >= 4 is 0 Å². The standard InChI is InChI=1S/C10H18/c1-8-9-4-3-6-10(8,2)7-5-9/h8-9H,3-7H2,1-2H3/t8-,9?,10-/m1/s1. The van der Waals surface area contributed by atoms with Crippen LogP contribution in [-0.4, -0.2) is 0 Å². The van der Waals surface area contributed by atoms with E-state index in [9.17, 15) is 0 Å². The van der Waals surface area contributed by atoms with Gasteiger partial charge in [-0.2, -0.15) is 0 Å². The van der Waals surface area contributed by atoms with E-state index in [-0.39, 0.29) is 0 Å². The molecular formula is C10H18. The van der Waals surface area contributed by atoms with Gasteiger partial charge in [-0.25, -0.2) is 0 Å². The molecule has 2 bridgehead atoms. The van der Waals surface area contributed by atoms with Crippen LogP contribution in [0.3, 0.4) is 0 Å². The van der Waals surface area contributed by atoms with Crippen molar-refractivity contribution in [3.63, 3.8) is 0 Å². The van der Waals surface area contributed by atoms with Crippen LogP contribution in [0.1, 0.15) is 46.0 Å². The lowest BCUT2D eigenvalue weighted by Crippen LogP contribution is -2.26. The van der Waals surface area contributed by atoms with Crippen molar-refractivity contribution in [3.8, 4) is 0 Å². The smallest absolute Gasteiger partial charge is 0.0297 e. The van der Waals surface area contributed by atoms with Gasteiger partial charge in [0, 0.05) is 0 Å². The molecule has 0 spiro atoms. The molecule has 58 valence electrons. The Morgan fingerprint density at radius 2 is 2.00 bits per heavy atom. The van der Waals surface area contributed by atoms with Crippen LogP contribution >= 0.6 is 0 Å². The van der Waals surface area contributed by atoms with E-state index in [1.165, 1.54) is 32.1 Å². The summed E-state index contributed by atoms with van der Waals surface area (Å²) in [6, 6.07) is 0. The fourth-order valence-corrected chi connectivity index (χ4v) is 3.08. The quantitative estimate of drug-likeness (QED) is 0.482. The van der Waals surface area contributed by atoms with Crippen molar-refractivity contribution in [2.75, 3.05) is 0 Å². The number of hydrogen-bond acceptors (Lipinski definition) is 0. The average Bonchev–Trinajstić information content (AvgIpc) is 2.18. The Balaban J connectivity index is 2.21. The molecule has 0 aromatic carbocycles. The van der Waals surface area contributed by atoms with Gasteiger partial charge in [-0.1, -0.05) is 26.7 Å². The van der Waals surface area contributed by atoms with Crippen LogP contribution in [0.2, 0.25) is 0 Å². The summed E-state index contributed by atoms with van der Waals surface area (Å²) in [4.78, 5) is 0. The molecule has 2 fully saturated rings. The molecule has 1 unspecified atom stereocenters. The predicted molar refractivity (Wildman–Crippen MR) is 43.8 cm³/mol. The fraction of sp³-hybridized carbons (Fsp3) is 1.00. The van der Waals surface area contributed by atoms with E-state index >= 15 is 0 Å². The maximum absolute atomic E-state index is 2.50. The molecule has 0 saturated heterocycles. The summed E-state index contributed by atoms with van der Waals surface area (Å²) in [6.07, 6.45) is 7.57. The van der Waals surface area contributed by atoms with Gasteiger partial charge < -0.3 is 0 Å². The molecule has 0 N–H and O–H groups in total. The molecule has 0 radical (unpaired) electrons. The molecule has 2 saturated carbocycles. The van der Waals surface area contributed by atoms with Gasteiger partial charge in [0.1, 0.15) is 0 Å². The maximum Gasteiger partial charge on any atom is -0.0297 e. The highest BCUT2D eigenvalue weighted by atomic mass is 14.5. The van der Waals surface area contributed by atoms with Crippen LogP contribution in [-0.2, 0) is 0 Å². The Bertz CT molecular complexity index is 135. The summed E-state index contributed by atoms with van der Waals surface area (Å²) < 4.78 is 0. The molecule has 0 aromatic heterocycles. The van der Waals surface area contributed by atoms with Crippen molar-refractivity contribution in [2.24, 2.45) is 17.3 Å². The maximum atomic E-state index is 2.50. The van der Waals surface area contributed by atoms with E-state index in [0.717, 1.165) is 17.3 Å². The Hall–Kier alpha value is 0. The lowest BCUT2D eigenvalue weighted by molar-refractivity contribution is 0.144. The molecule has 0 heterocycles. The Labute approximate surface area is 64.0 Å². The van der Waals surface area contributed by atoms with Crippen molar-refractivity contribution in [1.29, 1.82) is 0 Å². The van der Waals surface area contributed by atoms with E-state index in [1.807, 2.05) is 0 Å². The lowest BCUT2D eigenvalue weighted by atomic mass is 9.70. The lowest BCUT2D eigenvalue weighted by Gasteiger charge is -2.36. The minimum absolute atomic E-state index is 0.753. The summed E-state index contributed by atoms with van der Waals surface area (Å²) >= 11 is 0. The predicted octanol–water partition coefficient (Wildman–Crippen LogP) is 3.22. The average molecular weight is 138 g/mol. The highest BCUT2D eigenvalue weighted by molar-refractivity contribution is 4.94. The van der Waals surface area contributed by atoms with Gasteiger partial charge in [-0.15, -0.1) is 0 Å². The van der Waals surface area contributed by atoms with Crippen molar-refractivity contribution in [1.82, 2.24) is 0 Å². The number of fused-ring (bicyclic) bond motifs is 2. The van der Waals surface area contributed by atoms with E-state index in [0.29, 0.717) is 0 Å². The summed E-state index contributed by atoms with van der Waals surface area (Å²) in [7, 11) is 0. The molecular weight excluding hydrogens is 120 g/mol. The summed E-state index contributed by atoms with van der Waals surface area (Å²) in [6.45, 7) is 4.97. The topological polar surface area (TPSA) is 0 Å². The first kappa shape index (κ1) is 6.69. The molecule has 2 rings (SSSR count). The van der Waals surface area contributed by atoms with Crippen LogP contribution in [0, 0.1) is 17.3 Å². The first-order valence-corrected chi connectivity index (χ1v) is 4.72. The van der Waals surface area contributed by atoms with Gasteiger partial charge in [0.05, 0.1) is 0 Å². The van der Waals surface area contributed by atoms with Crippen LogP contribution in [0.4, 0.5) is 0 Å². The van der Waals surface area contributed by atoms with Crippen molar-refractivity contribution in [2.45, 2.75) is 46.0 Å². The van der Waals surface area contributed by atoms with Crippen molar-refractivity contribution in [3.05, 3.63) is 0 Å². The molecule has 2 aliphatic carbocycles. The number of rotatable bonds is 0. The Kier molecular flexibility index (Phi) is 1.33. The first-order valence-electron chi connectivity index (χ1n) is 4.72. The second-order valence-electron chi connectivity index (χ2n) is 4.63. The Morgan fingerprint density at radius 3 is 2.60 bits per heavy atom. The summed E-state index contributed by atoms with van der Waals surface area (Å²) in [5.41, 5.74) is 0.753. The molecule has 0 aromatic rings. The highest BCUT2D eigenvalue weighted by Crippen LogP contribution is 2.54. The van der Waals surface area contributed by atoms with Gasteiger partial charge in [-0.05, 0) is 36.5 Å². The summed E-state index contributed by atoms with van der Waals surface area (Å²) in [5, 5.41) is 0. The van der Waals surface area contributed by atoms with Gasteiger partial charge in [0.2, 0.25) is 0 Å². The third-order valence-corrected chi connectivity index (χ3v) is 4.22. The third-order valence-electron chi connectivity index (χ3n) is 4.22. The van der Waals surface area contributed by atoms with Crippen LogP contribution < -0.4 is 0 Å². The SMILES string of the molecule is C[C@@H]1C2CCC[C@]1(C)CC2. The van der Waals surface area contributed by atoms with E-state index in [4.69, 9.17) is 0 Å². The molecule has 3 atom stereocenters. The zero-order valence-corrected chi connectivity index (χ0v) is 7.19. The molecule has 0 nitrogen and oxygen atoms in total. The minimum Gasteiger partial charge on any atom is -0.0617 e. The Morgan fingerprint density at radius 1 is 1.20 bits per heavy atom. The second-order valence-corrected chi connectivity index (χ2v) is 4.63. The van der Waals surface area contributed by atoms with Crippen LogP contribution in [0.25, 0.3) is 0 Å². The molecule has 0 amide bonds.